The zero-order valence-corrected chi connectivity index (χ0v) is 15.4. The third kappa shape index (κ3) is 3.83. The van der Waals surface area contributed by atoms with Crippen LogP contribution in [0.2, 0.25) is 5.02 Å². The molecule has 0 atom stereocenters. The van der Waals surface area contributed by atoms with Gasteiger partial charge in [0.2, 0.25) is 0 Å². The van der Waals surface area contributed by atoms with Gasteiger partial charge < -0.3 is 10.6 Å². The number of thiophene rings is 1. The molecule has 0 unspecified atom stereocenters. The molecule has 3 aromatic rings. The third-order valence-corrected chi connectivity index (χ3v) is 5.18. The second-order valence-corrected chi connectivity index (χ2v) is 7.02. The van der Waals surface area contributed by atoms with Crippen molar-refractivity contribution in [1.82, 2.24) is 20.4 Å². The molecule has 0 bridgehead atoms. The molecule has 0 fully saturated rings. The van der Waals surface area contributed by atoms with E-state index in [-0.39, 0.29) is 11.8 Å². The number of amides is 2. The van der Waals surface area contributed by atoms with Crippen LogP contribution < -0.4 is 10.6 Å². The Morgan fingerprint density at radius 1 is 1.16 bits per heavy atom. The fourth-order valence-electron chi connectivity index (χ4n) is 2.46. The standard InChI is InChI=1S/C17H17ClN4O2S/c1-10-13-9-14(25-17(13)22(2)21-10)16(24)20-8-7-19-15(23)11-3-5-12(18)6-4-11/h3-6,9H,7-8H2,1-2H3,(H,19,23)(H,20,24). The summed E-state index contributed by atoms with van der Waals surface area (Å²) < 4.78 is 1.78. The first-order chi connectivity index (χ1) is 12.0. The van der Waals surface area contributed by atoms with Crippen LogP contribution in [0.15, 0.2) is 30.3 Å². The first-order valence-corrected chi connectivity index (χ1v) is 8.90. The molecule has 25 heavy (non-hydrogen) atoms. The number of aryl methyl sites for hydroxylation is 2. The van der Waals surface area contributed by atoms with E-state index in [4.69, 9.17) is 11.6 Å². The van der Waals surface area contributed by atoms with Gasteiger partial charge in [0.1, 0.15) is 4.83 Å². The molecule has 0 saturated carbocycles. The number of nitrogens with zero attached hydrogens (tertiary/aromatic N) is 2. The summed E-state index contributed by atoms with van der Waals surface area (Å²) in [5.74, 6) is -0.351. The van der Waals surface area contributed by atoms with E-state index in [1.54, 1.807) is 28.9 Å². The summed E-state index contributed by atoms with van der Waals surface area (Å²) in [6.07, 6.45) is 0. The Morgan fingerprint density at radius 2 is 1.80 bits per heavy atom. The first kappa shape index (κ1) is 17.4. The summed E-state index contributed by atoms with van der Waals surface area (Å²) in [5, 5.41) is 11.5. The van der Waals surface area contributed by atoms with Gasteiger partial charge in [-0.1, -0.05) is 11.6 Å². The monoisotopic (exact) mass is 376 g/mol. The van der Waals surface area contributed by atoms with E-state index in [1.807, 2.05) is 20.0 Å². The molecule has 130 valence electrons. The van der Waals surface area contributed by atoms with Crippen molar-refractivity contribution in [2.45, 2.75) is 6.92 Å². The lowest BCUT2D eigenvalue weighted by atomic mass is 10.2. The van der Waals surface area contributed by atoms with Gasteiger partial charge >= 0.3 is 0 Å². The quantitative estimate of drug-likeness (QED) is 0.672. The second kappa shape index (κ2) is 7.25. The average molecular weight is 377 g/mol. The van der Waals surface area contributed by atoms with Gasteiger partial charge in [0, 0.05) is 36.1 Å². The van der Waals surface area contributed by atoms with Crippen LogP contribution in [0.25, 0.3) is 10.2 Å². The summed E-state index contributed by atoms with van der Waals surface area (Å²) in [4.78, 5) is 25.8. The van der Waals surface area contributed by atoms with E-state index in [0.29, 0.717) is 28.6 Å². The van der Waals surface area contributed by atoms with Crippen molar-refractivity contribution >= 4 is 45.0 Å². The summed E-state index contributed by atoms with van der Waals surface area (Å²) in [5.41, 5.74) is 1.44. The van der Waals surface area contributed by atoms with Gasteiger partial charge in [0.15, 0.2) is 0 Å². The van der Waals surface area contributed by atoms with E-state index in [2.05, 4.69) is 15.7 Å². The number of rotatable bonds is 5. The lowest BCUT2D eigenvalue weighted by Gasteiger charge is -2.06. The number of hydrogen-bond donors (Lipinski definition) is 2. The normalized spacial score (nSPS) is 10.8. The van der Waals surface area contributed by atoms with E-state index in [1.165, 1.54) is 11.3 Å². The van der Waals surface area contributed by atoms with Gasteiger partial charge in [-0.3, -0.25) is 14.3 Å². The van der Waals surface area contributed by atoms with Crippen molar-refractivity contribution in [2.24, 2.45) is 7.05 Å². The number of aromatic nitrogens is 2. The molecule has 0 aliphatic rings. The molecule has 0 radical (unpaired) electrons. The fraction of sp³-hybridized carbons (Fsp3) is 0.235. The number of hydrogen-bond acceptors (Lipinski definition) is 4. The highest BCUT2D eigenvalue weighted by molar-refractivity contribution is 7.20. The number of nitrogens with one attached hydrogen (secondary N) is 2. The highest BCUT2D eigenvalue weighted by Crippen LogP contribution is 2.27. The van der Waals surface area contributed by atoms with Crippen molar-refractivity contribution < 1.29 is 9.59 Å². The maximum absolute atomic E-state index is 12.2. The largest absolute Gasteiger partial charge is 0.350 e. The zero-order chi connectivity index (χ0) is 18.0. The maximum Gasteiger partial charge on any atom is 0.261 e. The molecule has 0 aliphatic carbocycles. The smallest absolute Gasteiger partial charge is 0.261 e. The van der Waals surface area contributed by atoms with E-state index in [9.17, 15) is 9.59 Å². The molecule has 0 saturated heterocycles. The van der Waals surface area contributed by atoms with Gasteiger partial charge in [0.25, 0.3) is 11.8 Å². The molecule has 0 spiro atoms. The Kier molecular flexibility index (Phi) is 5.06. The molecule has 2 heterocycles. The molecule has 1 aromatic carbocycles. The van der Waals surface area contributed by atoms with Crippen molar-refractivity contribution in [2.75, 3.05) is 13.1 Å². The summed E-state index contributed by atoms with van der Waals surface area (Å²) in [6, 6.07) is 8.49. The molecule has 2 amide bonds. The van der Waals surface area contributed by atoms with Gasteiger partial charge in [-0.05, 0) is 37.3 Å². The van der Waals surface area contributed by atoms with Crippen LogP contribution in [-0.2, 0) is 7.05 Å². The van der Waals surface area contributed by atoms with Crippen molar-refractivity contribution in [3.05, 3.63) is 51.5 Å². The minimum absolute atomic E-state index is 0.152. The second-order valence-electron chi connectivity index (χ2n) is 5.56. The Morgan fingerprint density at radius 3 is 2.44 bits per heavy atom. The van der Waals surface area contributed by atoms with E-state index >= 15 is 0 Å². The molecule has 2 aromatic heterocycles. The number of carbonyl (C=O) groups excluding carboxylic acids is 2. The van der Waals surface area contributed by atoms with Crippen LogP contribution in [-0.4, -0.2) is 34.7 Å². The summed E-state index contributed by atoms with van der Waals surface area (Å²) in [7, 11) is 1.86. The average Bonchev–Trinajstić information content (AvgIpc) is 3.14. The van der Waals surface area contributed by atoms with E-state index in [0.717, 1.165) is 15.9 Å². The number of fused-ring (bicyclic) bond motifs is 1. The van der Waals surface area contributed by atoms with Crippen LogP contribution in [0.3, 0.4) is 0 Å². The summed E-state index contributed by atoms with van der Waals surface area (Å²) >= 11 is 7.20. The predicted octanol–water partition coefficient (Wildman–Crippen LogP) is 2.76. The number of halogens is 1. The highest BCUT2D eigenvalue weighted by atomic mass is 35.5. The fourth-order valence-corrected chi connectivity index (χ4v) is 3.63. The Bertz CT molecular complexity index is 896. The van der Waals surface area contributed by atoms with Crippen molar-refractivity contribution in [3.63, 3.8) is 0 Å². The van der Waals surface area contributed by atoms with Gasteiger partial charge in [-0.25, -0.2) is 0 Å². The molecule has 0 aliphatic heterocycles. The van der Waals surface area contributed by atoms with Crippen molar-refractivity contribution in [1.29, 1.82) is 0 Å². The molecule has 2 N–H and O–H groups in total. The van der Waals surface area contributed by atoms with Crippen LogP contribution in [0.5, 0.6) is 0 Å². The Labute approximate surface area is 153 Å². The lowest BCUT2D eigenvalue weighted by Crippen LogP contribution is -2.34. The summed E-state index contributed by atoms with van der Waals surface area (Å²) in [6.45, 7) is 2.62. The molecule has 3 rings (SSSR count). The lowest BCUT2D eigenvalue weighted by molar-refractivity contribution is 0.0929. The topological polar surface area (TPSA) is 76.0 Å². The van der Waals surface area contributed by atoms with Crippen LogP contribution in [0, 0.1) is 6.92 Å². The van der Waals surface area contributed by atoms with Crippen molar-refractivity contribution in [3.8, 4) is 0 Å². The SMILES string of the molecule is Cc1nn(C)c2sc(C(=O)NCCNC(=O)c3ccc(Cl)cc3)cc12. The molecular formula is C17H17ClN4O2S. The van der Waals surface area contributed by atoms with Crippen LogP contribution >= 0.6 is 22.9 Å². The molecular weight excluding hydrogens is 360 g/mol. The number of benzene rings is 1. The third-order valence-electron chi connectivity index (χ3n) is 3.72. The van der Waals surface area contributed by atoms with Crippen LogP contribution in [0.4, 0.5) is 0 Å². The zero-order valence-electron chi connectivity index (χ0n) is 13.8. The Hall–Kier alpha value is -2.38. The number of carbonyl (C=O) groups is 2. The predicted molar refractivity (Wildman–Crippen MR) is 99.4 cm³/mol. The maximum atomic E-state index is 12.2. The van der Waals surface area contributed by atoms with Crippen LogP contribution in [0.1, 0.15) is 25.7 Å². The first-order valence-electron chi connectivity index (χ1n) is 7.71. The van der Waals surface area contributed by atoms with E-state index < -0.39 is 0 Å². The molecule has 8 heteroatoms. The highest BCUT2D eigenvalue weighted by Gasteiger charge is 2.14. The van der Waals surface area contributed by atoms with Gasteiger partial charge in [0.05, 0.1) is 10.6 Å². The minimum Gasteiger partial charge on any atom is -0.350 e. The van der Waals surface area contributed by atoms with Gasteiger partial charge in [-0.15, -0.1) is 11.3 Å². The molecule has 6 nitrogen and oxygen atoms in total. The van der Waals surface area contributed by atoms with Gasteiger partial charge in [-0.2, -0.15) is 5.10 Å². The minimum atomic E-state index is -0.200. The Balaban J connectivity index is 1.51.